The van der Waals surface area contributed by atoms with Gasteiger partial charge in [-0.25, -0.2) is 4.79 Å². The number of carbonyl (C=O) groups is 1. The van der Waals surface area contributed by atoms with Crippen LogP contribution in [-0.2, 0) is 15.1 Å². The Morgan fingerprint density at radius 3 is 2.26 bits per heavy atom. The maximum absolute atomic E-state index is 12.3. The minimum atomic E-state index is -0.741. The minimum absolute atomic E-state index is 0.231. The maximum Gasteiger partial charge on any atom is 0.330 e. The number of rotatable bonds is 3. The van der Waals surface area contributed by atoms with Gasteiger partial charge in [0.2, 0.25) is 0 Å². The van der Waals surface area contributed by atoms with Crippen molar-refractivity contribution in [2.75, 3.05) is 20.2 Å². The molecule has 1 aliphatic heterocycles. The lowest BCUT2D eigenvalue weighted by atomic mass is 9.77. The summed E-state index contributed by atoms with van der Waals surface area (Å²) < 4.78 is 5.01. The molecule has 2 rings (SSSR count). The molecule has 1 aromatic carbocycles. The topological polar surface area (TPSA) is 29.5 Å². The quantitative estimate of drug-likeness (QED) is 0.798. The van der Waals surface area contributed by atoms with Gasteiger partial charge in [-0.05, 0) is 30.0 Å². The number of esters is 1. The van der Waals surface area contributed by atoms with Crippen molar-refractivity contribution < 1.29 is 9.53 Å². The van der Waals surface area contributed by atoms with E-state index in [9.17, 15) is 4.79 Å². The van der Waals surface area contributed by atoms with E-state index in [0.29, 0.717) is 5.02 Å². The van der Waals surface area contributed by atoms with Crippen molar-refractivity contribution in [3.8, 4) is 0 Å². The van der Waals surface area contributed by atoms with Gasteiger partial charge in [0, 0.05) is 18.1 Å². The summed E-state index contributed by atoms with van der Waals surface area (Å²) in [6, 6.07) is 7.40. The second-order valence-electron chi connectivity index (χ2n) is 6.09. The summed E-state index contributed by atoms with van der Waals surface area (Å²) in [4.78, 5) is 14.4. The monoisotopic (exact) mass is 281 g/mol. The molecule has 0 bridgehead atoms. The van der Waals surface area contributed by atoms with E-state index in [1.807, 2.05) is 31.2 Å². The van der Waals surface area contributed by atoms with Crippen LogP contribution in [0.15, 0.2) is 24.3 Å². The van der Waals surface area contributed by atoms with Crippen LogP contribution < -0.4 is 0 Å². The zero-order valence-corrected chi connectivity index (χ0v) is 12.6. The molecule has 0 radical (unpaired) electrons. The summed E-state index contributed by atoms with van der Waals surface area (Å²) in [7, 11) is 1.43. The molecule has 1 heterocycles. The zero-order valence-electron chi connectivity index (χ0n) is 11.9. The first-order chi connectivity index (χ1) is 8.79. The lowest BCUT2D eigenvalue weighted by molar-refractivity contribution is -0.164. The highest BCUT2D eigenvalue weighted by molar-refractivity contribution is 6.30. The normalized spacial score (nSPS) is 21.3. The van der Waals surface area contributed by atoms with Gasteiger partial charge in [0.1, 0.15) is 5.54 Å². The Labute approximate surface area is 119 Å². The fraction of sp³-hybridized carbons (Fsp3) is 0.533. The first kappa shape index (κ1) is 14.4. The second-order valence-corrected chi connectivity index (χ2v) is 6.53. The smallest absolute Gasteiger partial charge is 0.330 e. The Bertz CT molecular complexity index is 475. The number of halogens is 1. The molecule has 0 saturated carbocycles. The highest BCUT2D eigenvalue weighted by atomic mass is 35.5. The van der Waals surface area contributed by atoms with Gasteiger partial charge in [0.05, 0.1) is 7.11 Å². The Morgan fingerprint density at radius 1 is 1.32 bits per heavy atom. The van der Waals surface area contributed by atoms with Crippen LogP contribution in [0.1, 0.15) is 26.3 Å². The van der Waals surface area contributed by atoms with Gasteiger partial charge in [0.15, 0.2) is 0 Å². The van der Waals surface area contributed by atoms with Gasteiger partial charge in [-0.15, -0.1) is 0 Å². The van der Waals surface area contributed by atoms with E-state index in [1.165, 1.54) is 7.11 Å². The number of nitrogens with zero attached hydrogens (tertiary/aromatic N) is 1. The molecule has 4 heteroatoms. The highest BCUT2D eigenvalue weighted by Gasteiger charge is 2.50. The number of likely N-dealkylation sites (tertiary alicyclic amines) is 1. The molecule has 1 unspecified atom stereocenters. The molecule has 1 aliphatic rings. The number of hydrogen-bond donors (Lipinski definition) is 0. The molecule has 1 atom stereocenters. The molecule has 1 fully saturated rings. The molecular formula is C15H20ClNO2. The molecule has 19 heavy (non-hydrogen) atoms. The largest absolute Gasteiger partial charge is 0.467 e. The van der Waals surface area contributed by atoms with Crippen LogP contribution in [0.4, 0.5) is 0 Å². The Morgan fingerprint density at radius 2 is 1.84 bits per heavy atom. The van der Waals surface area contributed by atoms with Crippen molar-refractivity contribution in [2.24, 2.45) is 5.41 Å². The average molecular weight is 282 g/mol. The van der Waals surface area contributed by atoms with Crippen LogP contribution in [0.25, 0.3) is 0 Å². The molecule has 0 aliphatic carbocycles. The Balaban J connectivity index is 2.35. The van der Waals surface area contributed by atoms with Crippen LogP contribution in [0, 0.1) is 5.41 Å². The van der Waals surface area contributed by atoms with Gasteiger partial charge in [-0.1, -0.05) is 37.6 Å². The number of ether oxygens (including phenoxy) is 1. The molecule has 1 saturated heterocycles. The Kier molecular flexibility index (Phi) is 3.63. The van der Waals surface area contributed by atoms with Crippen molar-refractivity contribution in [1.82, 2.24) is 4.90 Å². The van der Waals surface area contributed by atoms with Crippen molar-refractivity contribution in [3.05, 3.63) is 34.9 Å². The summed E-state index contributed by atoms with van der Waals surface area (Å²) in [5.74, 6) is -0.231. The van der Waals surface area contributed by atoms with Crippen molar-refractivity contribution in [3.63, 3.8) is 0 Å². The lowest BCUT2D eigenvalue weighted by Crippen LogP contribution is -2.63. The zero-order chi connectivity index (χ0) is 14.3. The van der Waals surface area contributed by atoms with Crippen molar-refractivity contribution in [1.29, 1.82) is 0 Å². The summed E-state index contributed by atoms with van der Waals surface area (Å²) in [5.41, 5.74) is 0.426. The molecule has 0 spiro atoms. The van der Waals surface area contributed by atoms with Crippen LogP contribution in [-0.4, -0.2) is 31.1 Å². The standard InChI is InChI=1S/C15H20ClNO2/c1-14(2)9-17(10-14)15(3,13(18)19-4)11-5-7-12(16)8-6-11/h5-8H,9-10H2,1-4H3. The first-order valence-corrected chi connectivity index (χ1v) is 6.77. The van der Waals surface area contributed by atoms with Gasteiger partial charge < -0.3 is 4.74 Å². The average Bonchev–Trinajstić information content (AvgIpc) is 2.34. The fourth-order valence-corrected chi connectivity index (χ4v) is 2.83. The summed E-state index contributed by atoms with van der Waals surface area (Å²) in [5, 5.41) is 0.667. The number of methoxy groups -OCH3 is 1. The van der Waals surface area contributed by atoms with Crippen LogP contribution >= 0.6 is 11.6 Å². The summed E-state index contributed by atoms with van der Waals surface area (Å²) in [6.45, 7) is 8.06. The van der Waals surface area contributed by atoms with Crippen LogP contribution in [0.2, 0.25) is 5.02 Å². The molecule has 0 N–H and O–H groups in total. The molecule has 0 aromatic heterocycles. The van der Waals surface area contributed by atoms with Crippen molar-refractivity contribution in [2.45, 2.75) is 26.3 Å². The van der Waals surface area contributed by atoms with E-state index in [4.69, 9.17) is 16.3 Å². The third-order valence-electron chi connectivity index (χ3n) is 3.86. The first-order valence-electron chi connectivity index (χ1n) is 6.39. The van der Waals surface area contributed by atoms with Gasteiger partial charge in [-0.3, -0.25) is 4.90 Å². The SMILES string of the molecule is COC(=O)C(C)(c1ccc(Cl)cc1)N1CC(C)(C)C1. The molecule has 0 amide bonds. The van der Waals surface area contributed by atoms with Crippen molar-refractivity contribution >= 4 is 17.6 Å². The third kappa shape index (κ3) is 2.49. The predicted octanol–water partition coefficient (Wildman–Crippen LogP) is 3.07. The van der Waals surface area contributed by atoms with Gasteiger partial charge >= 0.3 is 5.97 Å². The van der Waals surface area contributed by atoms with E-state index in [2.05, 4.69) is 18.7 Å². The van der Waals surface area contributed by atoms with E-state index < -0.39 is 5.54 Å². The van der Waals surface area contributed by atoms with E-state index in [0.717, 1.165) is 18.7 Å². The molecular weight excluding hydrogens is 262 g/mol. The van der Waals surface area contributed by atoms with E-state index in [1.54, 1.807) is 0 Å². The van der Waals surface area contributed by atoms with E-state index in [-0.39, 0.29) is 11.4 Å². The number of carbonyl (C=O) groups excluding carboxylic acids is 1. The molecule has 1 aromatic rings. The van der Waals surface area contributed by atoms with Gasteiger partial charge in [0.25, 0.3) is 0 Å². The lowest BCUT2D eigenvalue weighted by Gasteiger charge is -2.53. The Hall–Kier alpha value is -1.06. The van der Waals surface area contributed by atoms with Gasteiger partial charge in [-0.2, -0.15) is 0 Å². The highest BCUT2D eigenvalue weighted by Crippen LogP contribution is 2.40. The number of benzene rings is 1. The predicted molar refractivity (Wildman–Crippen MR) is 76.2 cm³/mol. The minimum Gasteiger partial charge on any atom is -0.467 e. The van der Waals surface area contributed by atoms with E-state index >= 15 is 0 Å². The third-order valence-corrected chi connectivity index (χ3v) is 4.11. The molecule has 104 valence electrons. The fourth-order valence-electron chi connectivity index (χ4n) is 2.71. The van der Waals surface area contributed by atoms with Crippen LogP contribution in [0.5, 0.6) is 0 Å². The summed E-state index contributed by atoms with van der Waals surface area (Å²) >= 11 is 5.92. The summed E-state index contributed by atoms with van der Waals surface area (Å²) in [6.07, 6.45) is 0. The molecule has 3 nitrogen and oxygen atoms in total. The maximum atomic E-state index is 12.3. The number of hydrogen-bond acceptors (Lipinski definition) is 3. The second kappa shape index (κ2) is 4.80. The van der Waals surface area contributed by atoms with Crippen LogP contribution in [0.3, 0.4) is 0 Å².